The summed E-state index contributed by atoms with van der Waals surface area (Å²) in [6.07, 6.45) is 3.92. The number of benzene rings is 2. The summed E-state index contributed by atoms with van der Waals surface area (Å²) in [6.45, 7) is 4.02. The van der Waals surface area contributed by atoms with E-state index < -0.39 is 9.05 Å². The monoisotopic (exact) mass is 379 g/mol. The normalized spacial score (nSPS) is 15.9. The molecule has 0 unspecified atom stereocenters. The van der Waals surface area contributed by atoms with E-state index in [-0.39, 0.29) is 4.90 Å². The third-order valence-electron chi connectivity index (χ3n) is 4.45. The van der Waals surface area contributed by atoms with Gasteiger partial charge in [0.1, 0.15) is 12.4 Å². The molecule has 1 fully saturated rings. The second-order valence-electron chi connectivity index (χ2n) is 6.24. The lowest BCUT2D eigenvalue weighted by atomic mass is 10.1. The summed E-state index contributed by atoms with van der Waals surface area (Å²) in [4.78, 5) is 2.56. The first-order valence-corrected chi connectivity index (χ1v) is 10.8. The quantitative estimate of drug-likeness (QED) is 0.707. The smallest absolute Gasteiger partial charge is 0.261 e. The molecule has 0 aliphatic carbocycles. The van der Waals surface area contributed by atoms with Gasteiger partial charge in [-0.1, -0.05) is 30.7 Å². The highest BCUT2D eigenvalue weighted by molar-refractivity contribution is 8.13. The van der Waals surface area contributed by atoms with Gasteiger partial charge in [-0.15, -0.1) is 0 Å². The Kier molecular flexibility index (Phi) is 5.99. The Bertz CT molecular complexity index is 782. The molecule has 25 heavy (non-hydrogen) atoms. The van der Waals surface area contributed by atoms with Crippen LogP contribution in [0.5, 0.6) is 5.75 Å². The minimum atomic E-state index is -3.68. The van der Waals surface area contributed by atoms with E-state index in [1.54, 1.807) is 12.1 Å². The van der Waals surface area contributed by atoms with E-state index in [4.69, 9.17) is 15.4 Å². The predicted molar refractivity (Wildman–Crippen MR) is 101 cm³/mol. The zero-order valence-corrected chi connectivity index (χ0v) is 15.6. The van der Waals surface area contributed by atoms with Crippen molar-refractivity contribution < 1.29 is 13.2 Å². The van der Waals surface area contributed by atoms with Gasteiger partial charge in [-0.2, -0.15) is 0 Å². The molecule has 1 saturated heterocycles. The van der Waals surface area contributed by atoms with Crippen LogP contribution in [0.2, 0.25) is 0 Å². The van der Waals surface area contributed by atoms with Gasteiger partial charge < -0.3 is 4.74 Å². The van der Waals surface area contributed by atoms with Gasteiger partial charge in [0.15, 0.2) is 0 Å². The fraction of sp³-hybridized carbons (Fsp3) is 0.368. The molecule has 0 N–H and O–H groups in total. The third kappa shape index (κ3) is 5.21. The second-order valence-corrected chi connectivity index (χ2v) is 8.80. The van der Waals surface area contributed by atoms with Crippen molar-refractivity contribution in [3.63, 3.8) is 0 Å². The highest BCUT2D eigenvalue weighted by Crippen LogP contribution is 2.25. The molecule has 0 spiro atoms. The van der Waals surface area contributed by atoms with Crippen LogP contribution in [0.3, 0.4) is 0 Å². The Morgan fingerprint density at radius 3 is 2.00 bits per heavy atom. The Morgan fingerprint density at radius 1 is 0.880 bits per heavy atom. The van der Waals surface area contributed by atoms with Crippen molar-refractivity contribution in [1.82, 2.24) is 4.90 Å². The molecular formula is C19H22ClNO3S. The van der Waals surface area contributed by atoms with Gasteiger partial charge in [0.05, 0.1) is 4.90 Å². The first kappa shape index (κ1) is 18.2. The van der Waals surface area contributed by atoms with Gasteiger partial charge in [0.25, 0.3) is 9.05 Å². The lowest BCUT2D eigenvalue weighted by molar-refractivity contribution is 0.183. The molecule has 3 rings (SSSR count). The van der Waals surface area contributed by atoms with Crippen LogP contribution in [-0.4, -0.2) is 39.6 Å². The number of nitrogens with zero attached hydrogens (tertiary/aromatic N) is 1. The highest BCUT2D eigenvalue weighted by atomic mass is 35.7. The molecule has 4 nitrogen and oxygen atoms in total. The van der Waals surface area contributed by atoms with Gasteiger partial charge in [0.2, 0.25) is 0 Å². The highest BCUT2D eigenvalue weighted by Gasteiger charge is 2.10. The van der Waals surface area contributed by atoms with Gasteiger partial charge in [-0.05, 0) is 61.3 Å². The minimum absolute atomic E-state index is 0.107. The fourth-order valence-corrected chi connectivity index (χ4v) is 3.80. The molecule has 0 saturated carbocycles. The third-order valence-corrected chi connectivity index (χ3v) is 5.82. The lowest BCUT2D eigenvalue weighted by Crippen LogP contribution is -2.33. The van der Waals surface area contributed by atoms with E-state index in [1.807, 2.05) is 24.3 Å². The van der Waals surface area contributed by atoms with Crippen molar-refractivity contribution in [3.8, 4) is 16.9 Å². The molecule has 0 aromatic heterocycles. The van der Waals surface area contributed by atoms with Crippen molar-refractivity contribution in [3.05, 3.63) is 48.5 Å². The SMILES string of the molecule is O=S(=O)(Cl)c1ccc(-c2ccc(OCCN3CCCCC3)cc2)cc1. The first-order chi connectivity index (χ1) is 12.0. The van der Waals surface area contributed by atoms with Gasteiger partial charge in [-0.3, -0.25) is 4.90 Å². The summed E-state index contributed by atoms with van der Waals surface area (Å²) in [7, 11) is 1.65. The Morgan fingerprint density at radius 2 is 1.44 bits per heavy atom. The molecule has 1 heterocycles. The van der Waals surface area contributed by atoms with Gasteiger partial charge in [0, 0.05) is 17.2 Å². The molecule has 2 aromatic carbocycles. The molecular weight excluding hydrogens is 358 g/mol. The van der Waals surface area contributed by atoms with E-state index in [0.29, 0.717) is 6.61 Å². The number of rotatable bonds is 6. The summed E-state index contributed by atoms with van der Waals surface area (Å²) in [5.41, 5.74) is 1.94. The average molecular weight is 380 g/mol. The predicted octanol–water partition coefficient (Wildman–Crippen LogP) is 4.15. The molecule has 2 aromatic rings. The molecule has 134 valence electrons. The zero-order valence-electron chi connectivity index (χ0n) is 14.0. The van der Waals surface area contributed by atoms with E-state index in [9.17, 15) is 8.42 Å². The van der Waals surface area contributed by atoms with Crippen molar-refractivity contribution in [2.24, 2.45) is 0 Å². The molecule has 6 heteroatoms. The second kappa shape index (κ2) is 8.21. The molecule has 0 bridgehead atoms. The molecule has 1 aliphatic rings. The Labute approximate surface area is 153 Å². The van der Waals surface area contributed by atoms with Crippen molar-refractivity contribution in [2.45, 2.75) is 24.2 Å². The van der Waals surface area contributed by atoms with Crippen molar-refractivity contribution >= 4 is 19.7 Å². The minimum Gasteiger partial charge on any atom is -0.492 e. The average Bonchev–Trinajstić information content (AvgIpc) is 2.63. The van der Waals surface area contributed by atoms with E-state index in [1.165, 1.54) is 44.5 Å². The van der Waals surface area contributed by atoms with Crippen molar-refractivity contribution in [1.29, 1.82) is 0 Å². The summed E-state index contributed by atoms with van der Waals surface area (Å²) in [5.74, 6) is 0.848. The Hall–Kier alpha value is -1.56. The Balaban J connectivity index is 1.56. The van der Waals surface area contributed by atoms with Crippen molar-refractivity contribution in [2.75, 3.05) is 26.2 Å². The summed E-state index contributed by atoms with van der Waals surface area (Å²) in [5, 5.41) is 0. The number of likely N-dealkylation sites (tertiary alicyclic amines) is 1. The van der Waals surface area contributed by atoms with E-state index in [0.717, 1.165) is 23.4 Å². The van der Waals surface area contributed by atoms with Crippen LogP contribution in [0.15, 0.2) is 53.4 Å². The summed E-state index contributed by atoms with van der Waals surface area (Å²) < 4.78 is 28.4. The van der Waals surface area contributed by atoms with Crippen LogP contribution in [0.4, 0.5) is 0 Å². The maximum absolute atomic E-state index is 11.3. The number of halogens is 1. The fourth-order valence-electron chi connectivity index (χ4n) is 3.03. The number of hydrogen-bond donors (Lipinski definition) is 0. The number of piperidine rings is 1. The standard InChI is InChI=1S/C19H22ClNO3S/c20-25(22,23)19-10-6-17(7-11-19)16-4-8-18(9-5-16)24-15-14-21-12-2-1-3-13-21/h4-11H,1-3,12-15H2. The summed E-state index contributed by atoms with van der Waals surface area (Å²) >= 11 is 0. The maximum atomic E-state index is 11.3. The molecule has 1 aliphatic heterocycles. The van der Waals surface area contributed by atoms with Crippen LogP contribution in [-0.2, 0) is 9.05 Å². The number of ether oxygens (including phenoxy) is 1. The maximum Gasteiger partial charge on any atom is 0.261 e. The van der Waals surface area contributed by atoms with Crippen LogP contribution in [0, 0.1) is 0 Å². The topological polar surface area (TPSA) is 46.6 Å². The van der Waals surface area contributed by atoms with Crippen LogP contribution in [0.25, 0.3) is 11.1 Å². The first-order valence-electron chi connectivity index (χ1n) is 8.53. The lowest BCUT2D eigenvalue weighted by Gasteiger charge is -2.26. The zero-order chi connectivity index (χ0) is 17.7. The van der Waals surface area contributed by atoms with Crippen LogP contribution < -0.4 is 4.74 Å². The molecule has 0 atom stereocenters. The molecule has 0 amide bonds. The number of hydrogen-bond acceptors (Lipinski definition) is 4. The van der Waals surface area contributed by atoms with Gasteiger partial charge >= 0.3 is 0 Å². The van der Waals surface area contributed by atoms with Crippen LogP contribution in [0.1, 0.15) is 19.3 Å². The van der Waals surface area contributed by atoms with E-state index >= 15 is 0 Å². The molecule has 0 radical (unpaired) electrons. The van der Waals surface area contributed by atoms with Crippen LogP contribution >= 0.6 is 10.7 Å². The largest absolute Gasteiger partial charge is 0.492 e. The van der Waals surface area contributed by atoms with Gasteiger partial charge in [-0.25, -0.2) is 8.42 Å². The van der Waals surface area contributed by atoms with E-state index in [2.05, 4.69) is 4.90 Å². The summed E-state index contributed by atoms with van der Waals surface area (Å²) in [6, 6.07) is 14.4.